The van der Waals surface area contributed by atoms with Gasteiger partial charge in [-0.3, -0.25) is 4.72 Å². The largest absolute Gasteiger partial charge is 0.872 e. The first-order chi connectivity index (χ1) is 10.6. The number of hydrogen-bond donors (Lipinski definition) is 2. The fraction of sp³-hybridized carbons (Fsp3) is 0.188. The Labute approximate surface area is 134 Å². The van der Waals surface area contributed by atoms with E-state index in [1.54, 1.807) is 19.1 Å². The molecule has 7 heteroatoms. The van der Waals surface area contributed by atoms with Crippen molar-refractivity contribution in [1.29, 1.82) is 0 Å². The third kappa shape index (κ3) is 3.45. The zero-order valence-corrected chi connectivity index (χ0v) is 13.7. The van der Waals surface area contributed by atoms with Gasteiger partial charge in [0.05, 0.1) is 10.5 Å². The molecular weight excluding hydrogens is 318 g/mol. The van der Waals surface area contributed by atoms with E-state index >= 15 is 0 Å². The SMILES string of the molecule is Cc1cc(C)c(S(=O)(=O)Nc2ccc(C(=O)O)c([O-])c2)cc1C. The number of carbonyl (C=O) groups is 1. The summed E-state index contributed by atoms with van der Waals surface area (Å²) in [6, 6.07) is 6.62. The van der Waals surface area contributed by atoms with Crippen LogP contribution in [0.3, 0.4) is 0 Å². The molecule has 0 heterocycles. The maximum Gasteiger partial charge on any atom is 0.335 e. The summed E-state index contributed by atoms with van der Waals surface area (Å²) in [6.45, 7) is 5.39. The zero-order valence-electron chi connectivity index (χ0n) is 12.9. The van der Waals surface area contributed by atoms with Gasteiger partial charge >= 0.3 is 5.97 Å². The average Bonchev–Trinajstić information content (AvgIpc) is 2.41. The third-order valence-electron chi connectivity index (χ3n) is 3.55. The van der Waals surface area contributed by atoms with Crippen molar-refractivity contribution in [2.75, 3.05) is 4.72 Å². The van der Waals surface area contributed by atoms with E-state index in [1.807, 2.05) is 13.8 Å². The number of anilines is 1. The van der Waals surface area contributed by atoms with E-state index in [0.29, 0.717) is 5.56 Å². The van der Waals surface area contributed by atoms with E-state index in [2.05, 4.69) is 4.72 Å². The van der Waals surface area contributed by atoms with Crippen LogP contribution < -0.4 is 9.83 Å². The molecule has 0 radical (unpaired) electrons. The normalized spacial score (nSPS) is 11.3. The minimum Gasteiger partial charge on any atom is -0.872 e. The second-order valence-electron chi connectivity index (χ2n) is 5.32. The second kappa shape index (κ2) is 5.92. The number of sulfonamides is 1. The van der Waals surface area contributed by atoms with E-state index in [9.17, 15) is 18.3 Å². The molecule has 2 N–H and O–H groups in total. The number of carboxylic acid groups (broad SMARTS) is 1. The molecule has 0 aliphatic rings. The fourth-order valence-electron chi connectivity index (χ4n) is 2.20. The number of aromatic carboxylic acids is 1. The van der Waals surface area contributed by atoms with E-state index in [1.165, 1.54) is 6.07 Å². The molecule has 0 saturated carbocycles. The summed E-state index contributed by atoms with van der Waals surface area (Å²) in [5, 5.41) is 20.5. The molecule has 0 fully saturated rings. The van der Waals surface area contributed by atoms with Gasteiger partial charge in [-0.25, -0.2) is 13.2 Å². The number of rotatable bonds is 4. The second-order valence-corrected chi connectivity index (χ2v) is 6.97. The highest BCUT2D eigenvalue weighted by atomic mass is 32.2. The first-order valence-corrected chi connectivity index (χ1v) is 8.25. The van der Waals surface area contributed by atoms with Gasteiger partial charge in [-0.05, 0) is 61.7 Å². The lowest BCUT2D eigenvalue weighted by atomic mass is 10.1. The first kappa shape index (κ1) is 16.8. The molecule has 0 unspecified atom stereocenters. The summed E-state index contributed by atoms with van der Waals surface area (Å²) in [5.74, 6) is -2.11. The minimum absolute atomic E-state index is 0.0256. The van der Waals surface area contributed by atoms with Crippen LogP contribution >= 0.6 is 0 Å². The van der Waals surface area contributed by atoms with Crippen molar-refractivity contribution in [1.82, 2.24) is 0 Å². The molecule has 0 saturated heterocycles. The van der Waals surface area contributed by atoms with Crippen molar-refractivity contribution in [3.8, 4) is 5.75 Å². The maximum absolute atomic E-state index is 12.5. The van der Waals surface area contributed by atoms with Gasteiger partial charge in [-0.1, -0.05) is 11.8 Å². The molecule has 0 amide bonds. The monoisotopic (exact) mass is 334 g/mol. The van der Waals surface area contributed by atoms with Gasteiger partial charge < -0.3 is 10.2 Å². The Hall–Kier alpha value is -2.54. The van der Waals surface area contributed by atoms with Crippen LogP contribution in [-0.2, 0) is 10.0 Å². The molecular formula is C16H16NO5S-. The highest BCUT2D eigenvalue weighted by Crippen LogP contribution is 2.25. The Morgan fingerprint density at radius 1 is 1.04 bits per heavy atom. The smallest absolute Gasteiger partial charge is 0.335 e. The lowest BCUT2D eigenvalue weighted by molar-refractivity contribution is -0.268. The Morgan fingerprint density at radius 3 is 2.22 bits per heavy atom. The Morgan fingerprint density at radius 2 is 1.65 bits per heavy atom. The molecule has 0 bridgehead atoms. The van der Waals surface area contributed by atoms with Crippen molar-refractivity contribution in [3.05, 3.63) is 52.6 Å². The zero-order chi connectivity index (χ0) is 17.4. The van der Waals surface area contributed by atoms with Gasteiger partial charge in [0.25, 0.3) is 10.0 Å². The fourth-order valence-corrected chi connectivity index (χ4v) is 3.56. The van der Waals surface area contributed by atoms with Crippen LogP contribution in [0.25, 0.3) is 0 Å². The van der Waals surface area contributed by atoms with Gasteiger partial charge in [-0.15, -0.1) is 0 Å². The molecule has 0 aliphatic carbocycles. The average molecular weight is 334 g/mol. The molecule has 2 rings (SSSR count). The Bertz CT molecular complexity index is 888. The summed E-state index contributed by atoms with van der Waals surface area (Å²) in [7, 11) is -3.87. The Kier molecular flexibility index (Phi) is 4.33. The van der Waals surface area contributed by atoms with Crippen molar-refractivity contribution in [2.24, 2.45) is 0 Å². The van der Waals surface area contributed by atoms with Gasteiger partial charge in [-0.2, -0.15) is 0 Å². The first-order valence-electron chi connectivity index (χ1n) is 6.77. The van der Waals surface area contributed by atoms with Crippen LogP contribution in [0.2, 0.25) is 0 Å². The quantitative estimate of drug-likeness (QED) is 0.891. The number of aryl methyl sites for hydroxylation is 3. The third-order valence-corrected chi connectivity index (χ3v) is 5.07. The van der Waals surface area contributed by atoms with E-state index in [0.717, 1.165) is 23.3 Å². The van der Waals surface area contributed by atoms with Crippen LogP contribution in [0.15, 0.2) is 35.2 Å². The van der Waals surface area contributed by atoms with Gasteiger partial charge in [0.15, 0.2) is 0 Å². The minimum atomic E-state index is -3.87. The topological polar surface area (TPSA) is 107 Å². The van der Waals surface area contributed by atoms with Gasteiger partial charge in [0.1, 0.15) is 0 Å². The van der Waals surface area contributed by atoms with Crippen LogP contribution in [-0.4, -0.2) is 19.5 Å². The van der Waals surface area contributed by atoms with Crippen molar-refractivity contribution in [2.45, 2.75) is 25.7 Å². The number of carboxylic acids is 1. The number of nitrogens with one attached hydrogen (secondary N) is 1. The predicted molar refractivity (Wildman–Crippen MR) is 84.3 cm³/mol. The molecule has 122 valence electrons. The van der Waals surface area contributed by atoms with E-state index in [-0.39, 0.29) is 10.6 Å². The molecule has 0 aliphatic heterocycles. The van der Waals surface area contributed by atoms with Crippen LogP contribution in [0.4, 0.5) is 5.69 Å². The predicted octanol–water partition coefficient (Wildman–Crippen LogP) is 2.18. The molecule has 6 nitrogen and oxygen atoms in total. The summed E-state index contributed by atoms with van der Waals surface area (Å²) in [6.07, 6.45) is 0. The van der Waals surface area contributed by atoms with Crippen LogP contribution in [0.5, 0.6) is 5.75 Å². The standard InChI is InChI=1S/C16H17NO5S/c1-9-6-11(3)15(7-10(9)2)23(21,22)17-12-4-5-13(16(19)20)14(18)8-12/h4-8,17-18H,1-3H3,(H,19,20)/p-1. The number of benzene rings is 2. The lowest BCUT2D eigenvalue weighted by Crippen LogP contribution is -2.15. The van der Waals surface area contributed by atoms with Crippen LogP contribution in [0, 0.1) is 20.8 Å². The molecule has 2 aromatic carbocycles. The summed E-state index contributed by atoms with van der Waals surface area (Å²) >= 11 is 0. The van der Waals surface area contributed by atoms with Crippen LogP contribution in [0.1, 0.15) is 27.0 Å². The van der Waals surface area contributed by atoms with E-state index in [4.69, 9.17) is 5.11 Å². The maximum atomic E-state index is 12.5. The highest BCUT2D eigenvalue weighted by Gasteiger charge is 2.18. The summed E-state index contributed by atoms with van der Waals surface area (Å²) in [4.78, 5) is 10.9. The molecule has 2 aromatic rings. The summed E-state index contributed by atoms with van der Waals surface area (Å²) in [5.41, 5.74) is 2.02. The van der Waals surface area contributed by atoms with Crippen molar-refractivity contribution in [3.63, 3.8) is 0 Å². The van der Waals surface area contributed by atoms with Crippen molar-refractivity contribution >= 4 is 21.7 Å². The lowest BCUT2D eigenvalue weighted by Gasteiger charge is -2.15. The van der Waals surface area contributed by atoms with Crippen molar-refractivity contribution < 1.29 is 23.4 Å². The highest BCUT2D eigenvalue weighted by molar-refractivity contribution is 7.92. The van der Waals surface area contributed by atoms with Gasteiger partial charge in [0.2, 0.25) is 0 Å². The molecule has 0 spiro atoms. The Balaban J connectivity index is 2.41. The molecule has 23 heavy (non-hydrogen) atoms. The number of hydrogen-bond acceptors (Lipinski definition) is 4. The molecule has 0 aromatic heterocycles. The van der Waals surface area contributed by atoms with Gasteiger partial charge in [0, 0.05) is 5.69 Å². The van der Waals surface area contributed by atoms with E-state index < -0.39 is 27.3 Å². The summed E-state index contributed by atoms with van der Waals surface area (Å²) < 4.78 is 27.3. The molecule has 0 atom stereocenters.